The number of ether oxygens (including phenoxy) is 1. The summed E-state index contributed by atoms with van der Waals surface area (Å²) in [5, 5.41) is 9.25. The summed E-state index contributed by atoms with van der Waals surface area (Å²) in [6.45, 7) is 1.09. The molecule has 3 rings (SSSR count). The second kappa shape index (κ2) is 5.87. The number of amides is 1. The maximum atomic E-state index is 11.3. The number of hydrogen-bond donors (Lipinski definition) is 2. The van der Waals surface area contributed by atoms with Crippen LogP contribution in [0.1, 0.15) is 11.9 Å². The molecule has 7 heteroatoms. The number of nitrogens with one attached hydrogen (secondary N) is 1. The van der Waals surface area contributed by atoms with Crippen LogP contribution in [0.15, 0.2) is 34.9 Å². The van der Waals surface area contributed by atoms with Gasteiger partial charge in [-0.1, -0.05) is 28.1 Å². The highest BCUT2D eigenvalue weighted by atomic mass is 79.9. The van der Waals surface area contributed by atoms with Crippen LogP contribution in [0.5, 0.6) is 0 Å². The molecular formula is C14H14BrN3O3. The van der Waals surface area contributed by atoms with Crippen LogP contribution in [0, 0.1) is 0 Å². The Balaban J connectivity index is 1.86. The molecule has 2 heterocycles. The van der Waals surface area contributed by atoms with E-state index in [4.69, 9.17) is 4.74 Å². The summed E-state index contributed by atoms with van der Waals surface area (Å²) in [4.78, 5) is 20.1. The molecule has 0 spiro atoms. The second-order valence-electron chi connectivity index (χ2n) is 4.76. The van der Waals surface area contributed by atoms with Crippen molar-refractivity contribution in [1.82, 2.24) is 14.9 Å². The van der Waals surface area contributed by atoms with E-state index in [1.54, 1.807) is 6.20 Å². The summed E-state index contributed by atoms with van der Waals surface area (Å²) in [5.74, 6) is 0.606. The van der Waals surface area contributed by atoms with Gasteiger partial charge in [0.15, 0.2) is 0 Å². The number of H-pyrrole nitrogens is 1. The lowest BCUT2D eigenvalue weighted by molar-refractivity contribution is -0.00349. The van der Waals surface area contributed by atoms with Crippen molar-refractivity contribution in [2.24, 2.45) is 0 Å². The van der Waals surface area contributed by atoms with Gasteiger partial charge in [-0.2, -0.15) is 0 Å². The number of halogens is 1. The molecule has 1 aromatic carbocycles. The van der Waals surface area contributed by atoms with Gasteiger partial charge in [-0.25, -0.2) is 9.78 Å². The number of nitrogens with zero attached hydrogens (tertiary/aromatic N) is 2. The van der Waals surface area contributed by atoms with Gasteiger partial charge < -0.3 is 14.8 Å². The zero-order valence-corrected chi connectivity index (χ0v) is 12.7. The molecule has 2 aromatic rings. The van der Waals surface area contributed by atoms with Gasteiger partial charge >= 0.3 is 6.09 Å². The number of aromatic nitrogens is 2. The van der Waals surface area contributed by atoms with Gasteiger partial charge in [-0.3, -0.25) is 4.90 Å². The van der Waals surface area contributed by atoms with Crippen molar-refractivity contribution in [2.75, 3.05) is 19.8 Å². The first-order chi connectivity index (χ1) is 10.1. The fourth-order valence-corrected chi connectivity index (χ4v) is 2.61. The second-order valence-corrected chi connectivity index (χ2v) is 5.67. The molecule has 0 saturated carbocycles. The fraction of sp³-hybridized carbons (Fsp3) is 0.286. The van der Waals surface area contributed by atoms with Crippen LogP contribution in [0.25, 0.3) is 11.3 Å². The number of aromatic amines is 1. The van der Waals surface area contributed by atoms with Gasteiger partial charge in [-0.05, 0) is 17.7 Å². The van der Waals surface area contributed by atoms with Crippen molar-refractivity contribution >= 4 is 22.0 Å². The first-order valence-electron chi connectivity index (χ1n) is 6.53. The third kappa shape index (κ3) is 2.93. The molecule has 0 aliphatic carbocycles. The van der Waals surface area contributed by atoms with Crippen LogP contribution in [0.2, 0.25) is 0 Å². The first kappa shape index (κ1) is 14.1. The third-order valence-electron chi connectivity index (χ3n) is 3.44. The van der Waals surface area contributed by atoms with Crippen molar-refractivity contribution in [3.63, 3.8) is 0 Å². The van der Waals surface area contributed by atoms with E-state index in [1.807, 2.05) is 24.3 Å². The first-order valence-corrected chi connectivity index (χ1v) is 7.32. The Morgan fingerprint density at radius 1 is 1.43 bits per heavy atom. The molecule has 0 radical (unpaired) electrons. The largest absolute Gasteiger partial charge is 0.465 e. The fourth-order valence-electron chi connectivity index (χ4n) is 2.34. The Bertz CT molecular complexity index is 641. The van der Waals surface area contributed by atoms with Gasteiger partial charge in [-0.15, -0.1) is 0 Å². The van der Waals surface area contributed by atoms with E-state index in [1.165, 1.54) is 4.90 Å². The molecule has 2 N–H and O–H groups in total. The third-order valence-corrected chi connectivity index (χ3v) is 3.97. The van der Waals surface area contributed by atoms with Crippen LogP contribution >= 0.6 is 15.9 Å². The van der Waals surface area contributed by atoms with Crippen LogP contribution < -0.4 is 0 Å². The Hall–Kier alpha value is -1.86. The molecule has 1 aromatic heterocycles. The molecule has 1 saturated heterocycles. The molecule has 1 fully saturated rings. The minimum atomic E-state index is -0.954. The maximum absolute atomic E-state index is 11.3. The van der Waals surface area contributed by atoms with Crippen molar-refractivity contribution in [3.05, 3.63) is 40.8 Å². The molecule has 1 unspecified atom stereocenters. The molecular weight excluding hydrogens is 338 g/mol. The minimum Gasteiger partial charge on any atom is -0.465 e. The number of rotatable bonds is 2. The number of morpholine rings is 1. The lowest BCUT2D eigenvalue weighted by Gasteiger charge is -2.31. The van der Waals surface area contributed by atoms with Crippen molar-refractivity contribution in [1.29, 1.82) is 0 Å². The lowest BCUT2D eigenvalue weighted by atomic mass is 10.2. The quantitative estimate of drug-likeness (QED) is 0.871. The van der Waals surface area contributed by atoms with Gasteiger partial charge in [0, 0.05) is 11.0 Å². The Kier molecular flexibility index (Phi) is 3.94. The standard InChI is InChI=1S/C14H14BrN3O3/c15-10-3-1-9(2-4-10)11-7-16-13(17-11)12-8-21-6-5-18(12)14(19)20/h1-4,7,12H,5-6,8H2,(H,16,17)(H,19,20). The topological polar surface area (TPSA) is 78.4 Å². The van der Waals surface area contributed by atoms with Gasteiger partial charge in [0.25, 0.3) is 0 Å². The van der Waals surface area contributed by atoms with E-state index in [0.29, 0.717) is 25.6 Å². The Labute approximate surface area is 129 Å². The summed E-state index contributed by atoms with van der Waals surface area (Å²) >= 11 is 3.40. The van der Waals surface area contributed by atoms with Crippen molar-refractivity contribution in [3.8, 4) is 11.3 Å². The lowest BCUT2D eigenvalue weighted by Crippen LogP contribution is -2.43. The summed E-state index contributed by atoms with van der Waals surface area (Å²) in [6.07, 6.45) is 0.762. The maximum Gasteiger partial charge on any atom is 0.408 e. The summed E-state index contributed by atoms with van der Waals surface area (Å²) < 4.78 is 6.38. The van der Waals surface area contributed by atoms with E-state index < -0.39 is 6.09 Å². The normalized spacial score (nSPS) is 18.7. The molecule has 1 amide bonds. The Morgan fingerprint density at radius 3 is 2.90 bits per heavy atom. The highest BCUT2D eigenvalue weighted by molar-refractivity contribution is 9.10. The molecule has 110 valence electrons. The average molecular weight is 352 g/mol. The number of benzene rings is 1. The number of carboxylic acid groups (broad SMARTS) is 1. The highest BCUT2D eigenvalue weighted by Gasteiger charge is 2.30. The molecule has 1 atom stereocenters. The molecule has 1 aliphatic rings. The van der Waals surface area contributed by atoms with E-state index in [0.717, 1.165) is 15.7 Å². The summed E-state index contributed by atoms with van der Waals surface area (Å²) in [6, 6.07) is 7.44. The molecule has 6 nitrogen and oxygen atoms in total. The van der Waals surface area contributed by atoms with Crippen molar-refractivity contribution in [2.45, 2.75) is 6.04 Å². The zero-order valence-electron chi connectivity index (χ0n) is 11.1. The minimum absolute atomic E-state index is 0.319. The van der Waals surface area contributed by atoms with E-state index >= 15 is 0 Å². The number of imidazole rings is 1. The van der Waals surface area contributed by atoms with E-state index in [2.05, 4.69) is 25.9 Å². The SMILES string of the molecule is O=C(O)N1CCOCC1c1ncc(-c2ccc(Br)cc2)[nH]1. The monoisotopic (exact) mass is 351 g/mol. The van der Waals surface area contributed by atoms with Crippen molar-refractivity contribution < 1.29 is 14.6 Å². The number of carbonyl (C=O) groups is 1. The predicted molar refractivity (Wildman–Crippen MR) is 80.0 cm³/mol. The molecule has 1 aliphatic heterocycles. The van der Waals surface area contributed by atoms with E-state index in [9.17, 15) is 9.90 Å². The zero-order chi connectivity index (χ0) is 14.8. The number of hydrogen-bond acceptors (Lipinski definition) is 3. The smallest absolute Gasteiger partial charge is 0.408 e. The summed E-state index contributed by atoms with van der Waals surface area (Å²) in [5.41, 5.74) is 1.85. The predicted octanol–water partition coefficient (Wildman–Crippen LogP) is 2.89. The molecule has 0 bridgehead atoms. The van der Waals surface area contributed by atoms with Gasteiger partial charge in [0.05, 0.1) is 25.1 Å². The van der Waals surface area contributed by atoms with Gasteiger partial charge in [0.2, 0.25) is 0 Å². The average Bonchev–Trinajstić information content (AvgIpc) is 2.97. The van der Waals surface area contributed by atoms with Crippen LogP contribution in [-0.4, -0.2) is 45.8 Å². The van der Waals surface area contributed by atoms with E-state index in [-0.39, 0.29) is 6.04 Å². The molecule has 21 heavy (non-hydrogen) atoms. The van der Waals surface area contributed by atoms with Crippen LogP contribution in [-0.2, 0) is 4.74 Å². The van der Waals surface area contributed by atoms with Gasteiger partial charge in [0.1, 0.15) is 11.9 Å². The van der Waals surface area contributed by atoms with Crippen LogP contribution in [0.3, 0.4) is 0 Å². The summed E-state index contributed by atoms with van der Waals surface area (Å²) in [7, 11) is 0. The van der Waals surface area contributed by atoms with Crippen LogP contribution in [0.4, 0.5) is 4.79 Å². The highest BCUT2D eigenvalue weighted by Crippen LogP contribution is 2.25. The Morgan fingerprint density at radius 2 is 2.19 bits per heavy atom.